The number of hydrogen-bond acceptors (Lipinski definition) is 4. The van der Waals surface area contributed by atoms with Gasteiger partial charge in [0.1, 0.15) is 11.5 Å². The van der Waals surface area contributed by atoms with Gasteiger partial charge in [-0.3, -0.25) is 9.59 Å². The molecule has 2 aromatic carbocycles. The lowest BCUT2D eigenvalue weighted by molar-refractivity contribution is -0.139. The quantitative estimate of drug-likeness (QED) is 0.431. The summed E-state index contributed by atoms with van der Waals surface area (Å²) in [7, 11) is 0. The predicted octanol–water partition coefficient (Wildman–Crippen LogP) is 4.29. The molecule has 27 heavy (non-hydrogen) atoms. The number of aromatic hydroxyl groups is 1. The van der Waals surface area contributed by atoms with Gasteiger partial charge in [-0.2, -0.15) is 0 Å². The van der Waals surface area contributed by atoms with Gasteiger partial charge in [0.15, 0.2) is 0 Å². The van der Waals surface area contributed by atoms with Crippen LogP contribution in [-0.4, -0.2) is 33.3 Å². The first-order valence-corrected chi connectivity index (χ1v) is 9.48. The Bertz CT molecular complexity index is 951. The second kappa shape index (κ2) is 7.56. The zero-order valence-electron chi connectivity index (χ0n) is 15.1. The molecule has 0 radical (unpaired) electrons. The number of phenolic OH excluding ortho intramolecular Hbond substituents is 1. The third-order valence-corrected chi connectivity index (χ3v) is 5.51. The summed E-state index contributed by atoms with van der Waals surface area (Å²) in [6.07, 6.45) is 0.666. The zero-order chi connectivity index (χ0) is 19.7. The lowest BCUT2D eigenvalue weighted by Crippen LogP contribution is -2.30. The Morgan fingerprint density at radius 1 is 1.19 bits per heavy atom. The van der Waals surface area contributed by atoms with E-state index >= 15 is 0 Å². The molecule has 3 rings (SSSR count). The normalized spacial score (nSPS) is 18.9. The molecular formula is C21H20BrNO4. The van der Waals surface area contributed by atoms with E-state index in [9.17, 15) is 19.8 Å². The molecule has 0 saturated carbocycles. The molecule has 2 aromatic rings. The van der Waals surface area contributed by atoms with Gasteiger partial charge in [0.2, 0.25) is 0 Å². The van der Waals surface area contributed by atoms with Gasteiger partial charge in [0, 0.05) is 16.6 Å². The van der Waals surface area contributed by atoms with E-state index in [0.29, 0.717) is 24.1 Å². The Hall–Kier alpha value is -2.60. The minimum absolute atomic E-state index is 0.0362. The van der Waals surface area contributed by atoms with Crippen molar-refractivity contribution >= 4 is 33.4 Å². The molecule has 5 nitrogen and oxygen atoms in total. The minimum Gasteiger partial charge on any atom is -0.508 e. The fourth-order valence-electron chi connectivity index (χ4n) is 3.34. The van der Waals surface area contributed by atoms with E-state index in [-0.39, 0.29) is 17.1 Å². The number of hydrogen-bond donors (Lipinski definition) is 2. The summed E-state index contributed by atoms with van der Waals surface area (Å²) in [6.45, 7) is 4.17. The number of ketones is 1. The summed E-state index contributed by atoms with van der Waals surface area (Å²) in [5.74, 6) is -1.53. The fraction of sp³-hybridized carbons (Fsp3) is 0.238. The molecule has 1 saturated heterocycles. The molecule has 1 atom stereocenters. The molecule has 2 N–H and O–H groups in total. The first-order chi connectivity index (χ1) is 12.8. The lowest BCUT2D eigenvalue weighted by Gasteiger charge is -2.25. The highest BCUT2D eigenvalue weighted by molar-refractivity contribution is 9.10. The number of aliphatic hydroxyl groups is 1. The molecule has 0 aliphatic carbocycles. The number of amides is 1. The van der Waals surface area contributed by atoms with Crippen molar-refractivity contribution in [2.45, 2.75) is 26.3 Å². The topological polar surface area (TPSA) is 77.8 Å². The van der Waals surface area contributed by atoms with Crippen LogP contribution >= 0.6 is 15.9 Å². The number of carbonyl (C=O) groups excluding carboxylic acids is 2. The monoisotopic (exact) mass is 429 g/mol. The van der Waals surface area contributed by atoms with Crippen LogP contribution < -0.4 is 0 Å². The Labute approximate surface area is 166 Å². The van der Waals surface area contributed by atoms with Crippen molar-refractivity contribution < 1.29 is 19.8 Å². The maximum atomic E-state index is 12.7. The van der Waals surface area contributed by atoms with Crippen LogP contribution in [0.1, 0.15) is 36.1 Å². The van der Waals surface area contributed by atoms with Crippen molar-refractivity contribution in [3.8, 4) is 5.75 Å². The summed E-state index contributed by atoms with van der Waals surface area (Å²) >= 11 is 3.42. The zero-order valence-corrected chi connectivity index (χ0v) is 16.7. The van der Waals surface area contributed by atoms with Crippen molar-refractivity contribution in [2.75, 3.05) is 6.54 Å². The second-order valence-electron chi connectivity index (χ2n) is 6.55. The maximum absolute atomic E-state index is 12.7. The first kappa shape index (κ1) is 19.2. The van der Waals surface area contributed by atoms with Gasteiger partial charge in [0.05, 0.1) is 11.6 Å². The van der Waals surface area contributed by atoms with E-state index in [1.165, 1.54) is 17.0 Å². The van der Waals surface area contributed by atoms with Crippen LogP contribution in [0.5, 0.6) is 5.75 Å². The molecule has 0 aromatic heterocycles. The molecule has 1 unspecified atom stereocenters. The van der Waals surface area contributed by atoms with Gasteiger partial charge in [0.25, 0.3) is 11.7 Å². The van der Waals surface area contributed by atoms with Gasteiger partial charge in [-0.1, -0.05) is 41.1 Å². The molecule has 1 amide bonds. The van der Waals surface area contributed by atoms with E-state index in [0.717, 1.165) is 10.0 Å². The number of Topliss-reactive ketones (excluding diaryl/α,β-unsaturated/α-hetero) is 1. The molecular weight excluding hydrogens is 410 g/mol. The molecule has 1 aliphatic heterocycles. The van der Waals surface area contributed by atoms with Crippen LogP contribution in [0, 0.1) is 6.92 Å². The number of phenols is 1. The van der Waals surface area contributed by atoms with Gasteiger partial charge in [-0.25, -0.2) is 0 Å². The smallest absolute Gasteiger partial charge is 0.295 e. The Morgan fingerprint density at radius 3 is 2.56 bits per heavy atom. The van der Waals surface area contributed by atoms with Gasteiger partial charge >= 0.3 is 0 Å². The standard InChI is InChI=1S/C21H20BrNO4/c1-3-9-23-18(13-5-4-6-15(24)11-13)17(20(26)21(23)27)19(25)14-7-8-16(22)12(2)10-14/h4-8,10-11,18,24-25H,3,9H2,1-2H3/b19-17-. The molecule has 1 fully saturated rings. The second-order valence-corrected chi connectivity index (χ2v) is 7.41. The molecule has 140 valence electrons. The number of carbonyl (C=O) groups is 2. The van der Waals surface area contributed by atoms with Crippen LogP contribution in [0.2, 0.25) is 0 Å². The highest BCUT2D eigenvalue weighted by atomic mass is 79.9. The van der Waals surface area contributed by atoms with Crippen LogP contribution in [0.25, 0.3) is 5.76 Å². The van der Waals surface area contributed by atoms with E-state index < -0.39 is 17.7 Å². The molecule has 0 bridgehead atoms. The maximum Gasteiger partial charge on any atom is 0.295 e. The number of benzene rings is 2. The first-order valence-electron chi connectivity index (χ1n) is 8.69. The van der Waals surface area contributed by atoms with Crippen molar-refractivity contribution in [1.29, 1.82) is 0 Å². The van der Waals surface area contributed by atoms with Crippen molar-refractivity contribution in [3.63, 3.8) is 0 Å². The summed E-state index contributed by atoms with van der Waals surface area (Å²) in [6, 6.07) is 10.9. The number of likely N-dealkylation sites (tertiary alicyclic amines) is 1. The number of halogens is 1. The van der Waals surface area contributed by atoms with Crippen LogP contribution in [0.3, 0.4) is 0 Å². The summed E-state index contributed by atoms with van der Waals surface area (Å²) in [5.41, 5.74) is 1.99. The molecule has 0 spiro atoms. The van der Waals surface area contributed by atoms with E-state index in [1.54, 1.807) is 30.3 Å². The average Bonchev–Trinajstić information content (AvgIpc) is 2.89. The van der Waals surface area contributed by atoms with E-state index in [4.69, 9.17) is 0 Å². The van der Waals surface area contributed by atoms with Crippen LogP contribution in [-0.2, 0) is 9.59 Å². The van der Waals surface area contributed by atoms with Crippen LogP contribution in [0.4, 0.5) is 0 Å². The van der Waals surface area contributed by atoms with Crippen LogP contribution in [0.15, 0.2) is 52.5 Å². The van der Waals surface area contributed by atoms with Gasteiger partial charge in [-0.15, -0.1) is 0 Å². The Morgan fingerprint density at radius 2 is 1.93 bits per heavy atom. The minimum atomic E-state index is -0.735. The average molecular weight is 430 g/mol. The summed E-state index contributed by atoms with van der Waals surface area (Å²) in [5, 5.41) is 20.8. The van der Waals surface area contributed by atoms with E-state index in [1.807, 2.05) is 13.8 Å². The number of aryl methyl sites for hydroxylation is 1. The lowest BCUT2D eigenvalue weighted by atomic mass is 9.94. The fourth-order valence-corrected chi connectivity index (χ4v) is 3.59. The summed E-state index contributed by atoms with van der Waals surface area (Å²) in [4.78, 5) is 26.8. The number of aliphatic hydroxyl groups excluding tert-OH is 1. The van der Waals surface area contributed by atoms with E-state index in [2.05, 4.69) is 15.9 Å². The Balaban J connectivity index is 2.21. The highest BCUT2D eigenvalue weighted by Crippen LogP contribution is 2.40. The number of rotatable bonds is 4. The Kier molecular flexibility index (Phi) is 5.37. The third kappa shape index (κ3) is 3.49. The van der Waals surface area contributed by atoms with Crippen molar-refractivity contribution in [3.05, 3.63) is 69.2 Å². The van der Waals surface area contributed by atoms with Crippen molar-refractivity contribution in [1.82, 2.24) is 4.90 Å². The highest BCUT2D eigenvalue weighted by Gasteiger charge is 2.45. The third-order valence-electron chi connectivity index (χ3n) is 4.62. The van der Waals surface area contributed by atoms with Gasteiger partial charge < -0.3 is 15.1 Å². The van der Waals surface area contributed by atoms with Gasteiger partial charge in [-0.05, 0) is 48.7 Å². The summed E-state index contributed by atoms with van der Waals surface area (Å²) < 4.78 is 0.884. The molecule has 1 heterocycles. The molecule has 6 heteroatoms. The largest absolute Gasteiger partial charge is 0.508 e. The molecule has 1 aliphatic rings. The SMILES string of the molecule is CCCN1C(=O)C(=O)/C(=C(\O)c2ccc(Br)c(C)c2)C1c1cccc(O)c1. The number of nitrogens with zero attached hydrogens (tertiary/aromatic N) is 1. The predicted molar refractivity (Wildman–Crippen MR) is 106 cm³/mol. The van der Waals surface area contributed by atoms with Crippen molar-refractivity contribution in [2.24, 2.45) is 0 Å².